The van der Waals surface area contributed by atoms with Gasteiger partial charge < -0.3 is 45.8 Å². The molecule has 4 aliphatic rings. The summed E-state index contributed by atoms with van der Waals surface area (Å²) >= 11 is 30.1. The average molecular weight is 1360 g/mol. The molecule has 3 atom stereocenters. The van der Waals surface area contributed by atoms with Crippen molar-refractivity contribution in [2.45, 2.75) is 123 Å². The Morgan fingerprint density at radius 3 is 1.56 bits per heavy atom. The van der Waals surface area contributed by atoms with Crippen molar-refractivity contribution in [1.29, 1.82) is 0 Å². The van der Waals surface area contributed by atoms with Crippen molar-refractivity contribution in [3.8, 4) is 22.3 Å². The highest BCUT2D eigenvalue weighted by Crippen LogP contribution is 2.39. The molecule has 1 fully saturated rings. The van der Waals surface area contributed by atoms with Crippen molar-refractivity contribution >= 4 is 121 Å². The highest BCUT2D eigenvalue weighted by molar-refractivity contribution is 9.10. The normalized spacial score (nSPS) is 16.0. The second-order valence-corrected chi connectivity index (χ2v) is 24.2. The second kappa shape index (κ2) is 31.3. The molecule has 2 amide bonds. The molecule has 7 N–H and O–H groups in total. The van der Waals surface area contributed by atoms with Crippen LogP contribution in [0.1, 0.15) is 126 Å². The van der Waals surface area contributed by atoms with Crippen molar-refractivity contribution in [2.75, 3.05) is 35.2 Å². The number of halogens is 6. The predicted octanol–water partition coefficient (Wildman–Crippen LogP) is 12.9. The number of amides is 2. The molecule has 11 rings (SSSR count). The minimum Gasteiger partial charge on any atom is -0.399 e. The first-order chi connectivity index (χ1) is 39.9. The molecule has 0 bridgehead atoms. The molecular formula is C59H68BBr2Cl4N11O7. The molecule has 0 radical (unpaired) electrons. The minimum atomic E-state index is -0.723. The zero-order valence-electron chi connectivity index (χ0n) is 47.8. The number of anilines is 3. The lowest BCUT2D eigenvalue weighted by atomic mass is 9.79. The zero-order chi connectivity index (χ0) is 61.5. The van der Waals surface area contributed by atoms with Crippen LogP contribution < -0.4 is 26.7 Å². The number of rotatable bonds is 6. The van der Waals surface area contributed by atoms with Gasteiger partial charge in [-0.25, -0.2) is 19.7 Å². The van der Waals surface area contributed by atoms with Gasteiger partial charge in [-0.15, -0.1) is 0 Å². The van der Waals surface area contributed by atoms with Crippen molar-refractivity contribution in [3.05, 3.63) is 155 Å². The number of nitrogens with zero attached hydrogens (tertiary/aromatic N) is 8. The highest BCUT2D eigenvalue weighted by Gasteiger charge is 2.52. The van der Waals surface area contributed by atoms with E-state index in [0.717, 1.165) is 112 Å². The molecule has 0 saturated carbocycles. The molecule has 0 aliphatic carbocycles. The third-order valence-electron chi connectivity index (χ3n) is 13.9. The first kappa shape index (κ1) is 67.7. The second-order valence-electron chi connectivity index (χ2n) is 20.7. The summed E-state index contributed by atoms with van der Waals surface area (Å²) in [5, 5.41) is 37.8. The summed E-state index contributed by atoms with van der Waals surface area (Å²) in [6.07, 6.45) is 23.0. The van der Waals surface area contributed by atoms with Gasteiger partial charge in [0.05, 0.1) is 49.6 Å². The van der Waals surface area contributed by atoms with E-state index < -0.39 is 24.3 Å². The molecule has 446 valence electrons. The summed E-state index contributed by atoms with van der Waals surface area (Å²) in [5.41, 5.74) is 14.6. The van der Waals surface area contributed by atoms with E-state index in [1.165, 1.54) is 35.3 Å². The van der Waals surface area contributed by atoms with Crippen LogP contribution in [-0.2, 0) is 33.4 Å². The lowest BCUT2D eigenvalue weighted by Gasteiger charge is -2.32. The Balaban J connectivity index is 0.000000173. The summed E-state index contributed by atoms with van der Waals surface area (Å²) < 4.78 is 13.8. The number of pyridine rings is 7. The van der Waals surface area contributed by atoms with Crippen LogP contribution in [0, 0.1) is 0 Å². The van der Waals surface area contributed by atoms with Gasteiger partial charge in [-0.1, -0.05) is 52.5 Å². The number of aromatic nitrogens is 7. The maximum atomic E-state index is 11.5. The number of nitrogens with two attached hydrogens (primary N) is 1. The van der Waals surface area contributed by atoms with Crippen molar-refractivity contribution in [2.24, 2.45) is 5.73 Å². The number of nitrogens with one attached hydrogen (secondary N) is 2. The van der Waals surface area contributed by atoms with Gasteiger partial charge in [0.1, 0.15) is 23.7 Å². The molecule has 7 aromatic rings. The molecule has 11 heterocycles. The number of urea groups is 1. The van der Waals surface area contributed by atoms with Crippen LogP contribution in [0.4, 0.5) is 22.2 Å². The number of aliphatic hydroxyl groups excluding tert-OH is 3. The van der Waals surface area contributed by atoms with Gasteiger partial charge in [0.25, 0.3) is 0 Å². The van der Waals surface area contributed by atoms with Crippen LogP contribution >= 0.6 is 78.3 Å². The van der Waals surface area contributed by atoms with E-state index in [-0.39, 0.29) is 18.3 Å². The van der Waals surface area contributed by atoms with Crippen LogP contribution in [0.3, 0.4) is 0 Å². The number of primary amides is 1. The maximum absolute atomic E-state index is 11.5. The predicted molar refractivity (Wildman–Crippen MR) is 341 cm³/mol. The van der Waals surface area contributed by atoms with Gasteiger partial charge in [0.2, 0.25) is 0 Å². The topological polar surface area (TPSA) is 257 Å². The van der Waals surface area contributed by atoms with Crippen LogP contribution in [0.2, 0.25) is 20.1 Å². The fraction of sp³-hybridized carbons (Fsp3) is 0.373. The standard InChI is InChI=1S/C16H17ClN4O2.C15H16ClN3O.C14H21BN2O2.C7H7BrClNO.C5H3BrClN.C2H4O/c1-9(22)14-12(7-19-8-13(14)17)11-5-10-3-2-4-21(16(18)23)15(10)20-6-11;1-9(20)14-12(7-17-8-13(14)16)11-5-10-3-2-4-18-15(10)19-6-11;1-13(2)14(3,4)19-15(18-13)11-8-10-6-5-7-16-12(10)17-9-11;1-4(11)7-5(8)2-10-3-6(7)9;6-4-1-5(7)3-8-2-4;1-2-3/h5-9,22H,2-4H2,1H3,(H2,18,23);5-9,20H,2-4H2,1H3,(H,18,19);8-9H,5-7H2,1-4H3,(H,16,17);2-4,11H,1H3;1-3H;2H,1H3. The summed E-state index contributed by atoms with van der Waals surface area (Å²) in [6.45, 7) is 17.3. The Bertz CT molecular complexity index is 3340. The molecule has 7 aromatic heterocycles. The largest absolute Gasteiger partial charge is 0.496 e. The molecule has 4 aliphatic heterocycles. The summed E-state index contributed by atoms with van der Waals surface area (Å²) in [6, 6.07) is 7.51. The Hall–Kier alpha value is -5.43. The summed E-state index contributed by atoms with van der Waals surface area (Å²) in [4.78, 5) is 51.0. The van der Waals surface area contributed by atoms with Crippen molar-refractivity contribution < 1.29 is 34.2 Å². The fourth-order valence-corrected chi connectivity index (χ4v) is 11.6. The van der Waals surface area contributed by atoms with E-state index in [4.69, 9.17) is 66.2 Å². The molecule has 18 nitrogen and oxygen atoms in total. The van der Waals surface area contributed by atoms with E-state index in [1.54, 1.807) is 76.4 Å². The number of carbonyl (C=O) groups excluding carboxylic acids is 2. The average Bonchev–Trinajstić information content (AvgIpc) is 3.95. The molecule has 84 heavy (non-hydrogen) atoms. The zero-order valence-corrected chi connectivity index (χ0v) is 54.0. The number of aryl methyl sites for hydroxylation is 3. The van der Waals surface area contributed by atoms with Gasteiger partial charge >= 0.3 is 13.1 Å². The van der Waals surface area contributed by atoms with E-state index in [9.17, 15) is 20.1 Å². The Morgan fingerprint density at radius 1 is 0.643 bits per heavy atom. The van der Waals surface area contributed by atoms with Gasteiger partial charge in [-0.05, 0) is 161 Å². The molecule has 25 heteroatoms. The quantitative estimate of drug-likeness (QED) is 0.0668. The molecule has 1 saturated heterocycles. The van der Waals surface area contributed by atoms with Gasteiger partial charge in [0, 0.05) is 141 Å². The van der Waals surface area contributed by atoms with Gasteiger partial charge in [-0.3, -0.25) is 24.8 Å². The number of fused-ring (bicyclic) bond motifs is 3. The third kappa shape index (κ3) is 17.8. The first-order valence-electron chi connectivity index (χ1n) is 27.0. The monoisotopic (exact) mass is 1350 g/mol. The van der Waals surface area contributed by atoms with Crippen LogP contribution in [0.15, 0.2) is 101 Å². The molecule has 0 spiro atoms. The van der Waals surface area contributed by atoms with Crippen molar-refractivity contribution in [3.63, 3.8) is 0 Å². The molecular weight excluding hydrogens is 1290 g/mol. The lowest BCUT2D eigenvalue weighted by molar-refractivity contribution is -0.106. The first-order valence-corrected chi connectivity index (χ1v) is 30.1. The van der Waals surface area contributed by atoms with Gasteiger partial charge in [0.15, 0.2) is 0 Å². The van der Waals surface area contributed by atoms with E-state index in [1.807, 2.05) is 12.3 Å². The minimum absolute atomic E-state index is 0.300. The fourth-order valence-electron chi connectivity index (χ4n) is 9.20. The Kier molecular flexibility index (Phi) is 25.2. The van der Waals surface area contributed by atoms with Crippen molar-refractivity contribution in [1.82, 2.24) is 34.9 Å². The van der Waals surface area contributed by atoms with Crippen LogP contribution in [-0.4, -0.2) is 100 Å². The molecule has 0 aromatic carbocycles. The maximum Gasteiger partial charge on any atom is 0.496 e. The number of aliphatic hydroxyl groups is 3. The van der Waals surface area contributed by atoms with E-state index >= 15 is 0 Å². The van der Waals surface area contributed by atoms with Crippen LogP contribution in [0.5, 0.6) is 0 Å². The third-order valence-corrected chi connectivity index (χ3v) is 16.1. The Morgan fingerprint density at radius 2 is 1.10 bits per heavy atom. The highest BCUT2D eigenvalue weighted by atomic mass is 79.9. The number of hydrogen-bond donors (Lipinski definition) is 6. The molecule has 3 unspecified atom stereocenters. The number of carbonyl (C=O) groups is 2. The Labute approximate surface area is 527 Å². The number of hydrogen-bond acceptors (Lipinski definition) is 16. The number of aldehydes is 1. The van der Waals surface area contributed by atoms with Gasteiger partial charge in [-0.2, -0.15) is 0 Å². The summed E-state index contributed by atoms with van der Waals surface area (Å²) in [5.74, 6) is 2.56. The SMILES string of the molecule is CC(O)c1c(Cl)cncc1-c1cnc2c(c1)CCCN2.CC(O)c1c(Cl)cncc1-c1cnc2c(c1)CCCN2C(N)=O.CC(O)c1c(Cl)cncc1Br.CC1(C)OB(c2cnc3c(c2)CCCN3)OC1(C)C.CC=O.Clc1cncc(Br)c1. The van der Waals surface area contributed by atoms with Crippen LogP contribution in [0.25, 0.3) is 22.3 Å². The van der Waals surface area contributed by atoms with E-state index in [0.29, 0.717) is 49.1 Å². The smallest absolute Gasteiger partial charge is 0.399 e. The summed E-state index contributed by atoms with van der Waals surface area (Å²) in [7, 11) is -0.315. The lowest BCUT2D eigenvalue weighted by Crippen LogP contribution is -2.41. The van der Waals surface area contributed by atoms with E-state index in [2.05, 4.69) is 117 Å².